The van der Waals surface area contributed by atoms with Crippen molar-refractivity contribution in [1.29, 1.82) is 0 Å². The molecule has 0 radical (unpaired) electrons. The minimum Gasteiger partial charge on any atom is -0.494 e. The molecule has 0 aliphatic rings. The van der Waals surface area contributed by atoms with Crippen LogP contribution in [0.3, 0.4) is 0 Å². The average Bonchev–Trinajstić information content (AvgIpc) is 2.20. The zero-order valence-corrected chi connectivity index (χ0v) is 8.74. The third-order valence-electron chi connectivity index (χ3n) is 2.13. The summed E-state index contributed by atoms with van der Waals surface area (Å²) >= 11 is 0. The molecule has 0 aliphatic carbocycles. The van der Waals surface area contributed by atoms with Crippen molar-refractivity contribution in [2.45, 2.75) is 19.9 Å². The second kappa shape index (κ2) is 4.79. The summed E-state index contributed by atoms with van der Waals surface area (Å²) in [6, 6.07) is 0. The number of nitrogens with zero attached hydrogens (tertiary/aromatic N) is 1. The smallest absolute Gasteiger partial charge is 0.331 e. The molecule has 84 valence electrons. The third-order valence-corrected chi connectivity index (χ3v) is 2.13. The molecule has 6 heteroatoms. The molecule has 0 spiro atoms. The number of aromatic nitrogens is 2. The van der Waals surface area contributed by atoms with Crippen LogP contribution in [-0.4, -0.2) is 28.4 Å². The highest BCUT2D eigenvalue weighted by Crippen LogP contribution is 2.07. The lowest BCUT2D eigenvalue weighted by molar-refractivity contribution is 0.188. The molecule has 0 aromatic carbocycles. The van der Waals surface area contributed by atoms with Crippen molar-refractivity contribution in [3.63, 3.8) is 0 Å². The first kappa shape index (κ1) is 11.5. The number of nitrogens with one attached hydrogen (secondary N) is 1. The molecule has 0 saturated carbocycles. The van der Waals surface area contributed by atoms with E-state index in [1.807, 2.05) is 0 Å². The Labute approximate surface area is 86.1 Å². The first-order chi connectivity index (χ1) is 7.07. The average molecular weight is 214 g/mol. The van der Waals surface area contributed by atoms with E-state index in [-0.39, 0.29) is 11.4 Å². The molecule has 0 amide bonds. The van der Waals surface area contributed by atoms with Crippen molar-refractivity contribution in [2.24, 2.45) is 0 Å². The van der Waals surface area contributed by atoms with Crippen LogP contribution < -0.4 is 11.2 Å². The maximum Gasteiger partial charge on any atom is 0.331 e. The van der Waals surface area contributed by atoms with Crippen molar-refractivity contribution in [2.75, 3.05) is 13.7 Å². The van der Waals surface area contributed by atoms with Gasteiger partial charge in [0.15, 0.2) is 0 Å². The zero-order chi connectivity index (χ0) is 11.4. The maximum atomic E-state index is 11.3. The van der Waals surface area contributed by atoms with Gasteiger partial charge in [0.1, 0.15) is 0 Å². The standard InChI is InChI=1S/C9H14N2O4/c1-6-7(12)10-9(14)11(8(6)13)4-3-5-15-2/h13H,3-5H2,1-2H3,(H,10,12,14). The van der Waals surface area contributed by atoms with Crippen LogP contribution in [0.4, 0.5) is 0 Å². The third kappa shape index (κ3) is 2.47. The summed E-state index contributed by atoms with van der Waals surface area (Å²) < 4.78 is 5.95. The number of rotatable bonds is 4. The summed E-state index contributed by atoms with van der Waals surface area (Å²) in [7, 11) is 1.56. The lowest BCUT2D eigenvalue weighted by atomic mass is 10.3. The summed E-state index contributed by atoms with van der Waals surface area (Å²) in [6.07, 6.45) is 0.593. The summed E-state index contributed by atoms with van der Waals surface area (Å²) in [4.78, 5) is 24.5. The van der Waals surface area contributed by atoms with Crippen molar-refractivity contribution in [3.05, 3.63) is 26.4 Å². The van der Waals surface area contributed by atoms with Crippen molar-refractivity contribution in [1.82, 2.24) is 9.55 Å². The summed E-state index contributed by atoms with van der Waals surface area (Å²) in [5, 5.41) is 9.56. The van der Waals surface area contributed by atoms with E-state index in [4.69, 9.17) is 4.74 Å². The Balaban J connectivity index is 3.02. The highest BCUT2D eigenvalue weighted by atomic mass is 16.5. The zero-order valence-electron chi connectivity index (χ0n) is 8.74. The molecule has 15 heavy (non-hydrogen) atoms. The molecule has 0 saturated heterocycles. The van der Waals surface area contributed by atoms with Gasteiger partial charge in [0, 0.05) is 20.3 Å². The molecule has 0 fully saturated rings. The monoisotopic (exact) mass is 214 g/mol. The second-order valence-electron chi connectivity index (χ2n) is 3.21. The van der Waals surface area contributed by atoms with Crippen LogP contribution in [0.25, 0.3) is 0 Å². The van der Waals surface area contributed by atoms with Gasteiger partial charge < -0.3 is 9.84 Å². The molecule has 1 aromatic heterocycles. The number of H-pyrrole nitrogens is 1. The second-order valence-corrected chi connectivity index (χ2v) is 3.21. The van der Waals surface area contributed by atoms with E-state index in [1.165, 1.54) is 6.92 Å². The number of ether oxygens (including phenoxy) is 1. The Morgan fingerprint density at radius 3 is 2.73 bits per heavy atom. The molecule has 6 nitrogen and oxygen atoms in total. The first-order valence-electron chi connectivity index (χ1n) is 4.59. The van der Waals surface area contributed by atoms with Crippen LogP contribution in [-0.2, 0) is 11.3 Å². The SMILES string of the molecule is COCCCn1c(O)c(C)c(=O)[nH]c1=O. The van der Waals surface area contributed by atoms with Gasteiger partial charge in [0.05, 0.1) is 5.56 Å². The largest absolute Gasteiger partial charge is 0.494 e. The van der Waals surface area contributed by atoms with Gasteiger partial charge in [0.25, 0.3) is 5.56 Å². The molecule has 1 aromatic rings. The van der Waals surface area contributed by atoms with Gasteiger partial charge in [-0.15, -0.1) is 0 Å². The molecule has 0 bridgehead atoms. The summed E-state index contributed by atoms with van der Waals surface area (Å²) in [6.45, 7) is 2.26. The predicted molar refractivity (Wildman–Crippen MR) is 54.2 cm³/mol. The lowest BCUT2D eigenvalue weighted by Crippen LogP contribution is -2.31. The molecular weight excluding hydrogens is 200 g/mol. The van der Waals surface area contributed by atoms with Crippen LogP contribution in [0, 0.1) is 6.92 Å². The van der Waals surface area contributed by atoms with Crippen LogP contribution in [0.2, 0.25) is 0 Å². The van der Waals surface area contributed by atoms with Crippen LogP contribution in [0.5, 0.6) is 5.88 Å². The van der Waals surface area contributed by atoms with Crippen molar-refractivity contribution < 1.29 is 9.84 Å². The van der Waals surface area contributed by atoms with Crippen molar-refractivity contribution >= 4 is 0 Å². The van der Waals surface area contributed by atoms with Crippen molar-refractivity contribution in [3.8, 4) is 5.88 Å². The fraction of sp³-hybridized carbons (Fsp3) is 0.556. The molecule has 2 N–H and O–H groups in total. The van der Waals surface area contributed by atoms with Gasteiger partial charge in [0.2, 0.25) is 5.88 Å². The Morgan fingerprint density at radius 2 is 2.13 bits per heavy atom. The normalized spacial score (nSPS) is 10.5. The van der Waals surface area contributed by atoms with Gasteiger partial charge in [-0.1, -0.05) is 0 Å². The minimum atomic E-state index is -0.598. The Morgan fingerprint density at radius 1 is 1.47 bits per heavy atom. The van der Waals surface area contributed by atoms with Gasteiger partial charge in [-0.3, -0.25) is 14.3 Å². The summed E-state index contributed by atoms with van der Waals surface area (Å²) in [5.41, 5.74) is -1.01. The van der Waals surface area contributed by atoms with E-state index in [1.54, 1.807) is 7.11 Å². The molecule has 1 rings (SSSR count). The quantitative estimate of drug-likeness (QED) is 0.667. The topological polar surface area (TPSA) is 84.3 Å². The fourth-order valence-corrected chi connectivity index (χ4v) is 1.23. The molecule has 1 heterocycles. The Bertz CT molecular complexity index is 446. The van der Waals surface area contributed by atoms with E-state index >= 15 is 0 Å². The fourth-order valence-electron chi connectivity index (χ4n) is 1.23. The number of aromatic hydroxyl groups is 1. The number of hydrogen-bond donors (Lipinski definition) is 2. The van der Waals surface area contributed by atoms with Gasteiger partial charge in [-0.05, 0) is 13.3 Å². The van der Waals surface area contributed by atoms with E-state index < -0.39 is 11.2 Å². The number of aromatic amines is 1. The predicted octanol–water partition coefficient (Wildman–Crippen LogP) is -0.413. The lowest BCUT2D eigenvalue weighted by Gasteiger charge is -2.08. The first-order valence-corrected chi connectivity index (χ1v) is 4.59. The van der Waals surface area contributed by atoms with Crippen LogP contribution in [0.1, 0.15) is 12.0 Å². The van der Waals surface area contributed by atoms with E-state index in [0.717, 1.165) is 4.57 Å². The molecule has 0 atom stereocenters. The Hall–Kier alpha value is -1.56. The molecule has 0 aliphatic heterocycles. The minimum absolute atomic E-state index is 0.145. The molecular formula is C9H14N2O4. The number of methoxy groups -OCH3 is 1. The highest BCUT2D eigenvalue weighted by molar-refractivity contribution is 5.20. The Kier molecular flexibility index (Phi) is 3.68. The molecule has 0 unspecified atom stereocenters. The van der Waals surface area contributed by atoms with E-state index in [2.05, 4.69) is 4.98 Å². The summed E-state index contributed by atoms with van der Waals surface area (Å²) in [5.74, 6) is -0.278. The maximum absolute atomic E-state index is 11.3. The van der Waals surface area contributed by atoms with Crippen LogP contribution >= 0.6 is 0 Å². The van der Waals surface area contributed by atoms with Gasteiger partial charge >= 0.3 is 5.69 Å². The highest BCUT2D eigenvalue weighted by Gasteiger charge is 2.09. The number of hydrogen-bond acceptors (Lipinski definition) is 4. The van der Waals surface area contributed by atoms with Gasteiger partial charge in [-0.25, -0.2) is 4.79 Å². The van der Waals surface area contributed by atoms with E-state index in [9.17, 15) is 14.7 Å². The van der Waals surface area contributed by atoms with Crippen LogP contribution in [0.15, 0.2) is 9.59 Å². The van der Waals surface area contributed by atoms with Gasteiger partial charge in [-0.2, -0.15) is 0 Å². The van der Waals surface area contributed by atoms with E-state index in [0.29, 0.717) is 19.6 Å².